The largest absolute Gasteiger partial charge is 0.478 e. The molecule has 7 N–H and O–H groups in total. The molecule has 18 heteroatoms. The maximum absolute atomic E-state index is 13.0. The maximum Gasteiger partial charge on any atom is 0.362 e. The first-order valence-corrected chi connectivity index (χ1v) is 12.3. The van der Waals surface area contributed by atoms with Gasteiger partial charge in [-0.3, -0.25) is 18.9 Å². The van der Waals surface area contributed by atoms with Crippen LogP contribution in [0.5, 0.6) is 0 Å². The van der Waals surface area contributed by atoms with Gasteiger partial charge < -0.3 is 31.6 Å². The van der Waals surface area contributed by atoms with Crippen LogP contribution in [-0.4, -0.2) is 98.5 Å². The maximum atomic E-state index is 13.0. The number of carbonyl (C=O) groups excluding carboxylic acids is 3. The lowest BCUT2D eigenvalue weighted by Crippen LogP contribution is -2.74. The van der Waals surface area contributed by atoms with E-state index in [1.807, 2.05) is 0 Å². The Morgan fingerprint density at radius 1 is 1.37 bits per heavy atom. The number of carboxylic acids is 1. The van der Waals surface area contributed by atoms with Crippen LogP contribution in [0.25, 0.3) is 0 Å². The van der Waals surface area contributed by atoms with Crippen molar-refractivity contribution in [2.45, 2.75) is 44.0 Å². The first kappa shape index (κ1) is 26.3. The van der Waals surface area contributed by atoms with E-state index in [0.717, 1.165) is 11.3 Å². The molecule has 16 nitrogen and oxygen atoms in total. The average molecular weight is 534 g/mol. The Balaban J connectivity index is 1.87. The highest BCUT2D eigenvalue weighted by atomic mass is 32.2. The van der Waals surface area contributed by atoms with Crippen molar-refractivity contribution in [3.8, 4) is 0 Å². The van der Waals surface area contributed by atoms with Crippen LogP contribution in [0.15, 0.2) is 10.5 Å². The SMILES string of the molecule is CC(C)(ON=C(C(=O)N[C@@H]1C(=O)N(S(=O)(=O)O)[C@@H]1CN1CC[C@H](N)C1=O)c1csc(N)n1)C(=O)O. The minimum absolute atomic E-state index is 0.0528. The Morgan fingerprint density at radius 2 is 2.03 bits per heavy atom. The molecule has 2 saturated heterocycles. The number of thiazole rings is 1. The Bertz CT molecular complexity index is 1200. The van der Waals surface area contributed by atoms with Crippen LogP contribution in [0.4, 0.5) is 5.13 Å². The lowest BCUT2D eigenvalue weighted by atomic mass is 9.97. The number of likely N-dealkylation sites (tertiary alicyclic amines) is 1. The van der Waals surface area contributed by atoms with E-state index in [-0.39, 0.29) is 28.2 Å². The van der Waals surface area contributed by atoms with Crippen LogP contribution in [0.3, 0.4) is 0 Å². The van der Waals surface area contributed by atoms with E-state index in [1.165, 1.54) is 24.1 Å². The third kappa shape index (κ3) is 5.34. The monoisotopic (exact) mass is 533 g/mol. The van der Waals surface area contributed by atoms with Gasteiger partial charge in [0, 0.05) is 18.5 Å². The number of carboxylic acid groups (broad SMARTS) is 1. The van der Waals surface area contributed by atoms with Crippen molar-refractivity contribution in [1.82, 2.24) is 19.5 Å². The van der Waals surface area contributed by atoms with E-state index >= 15 is 0 Å². The van der Waals surface area contributed by atoms with E-state index in [2.05, 4.69) is 15.5 Å². The minimum atomic E-state index is -5.00. The molecule has 2 fully saturated rings. The summed E-state index contributed by atoms with van der Waals surface area (Å²) in [5, 5.41) is 16.5. The predicted molar refractivity (Wildman–Crippen MR) is 119 cm³/mol. The zero-order valence-corrected chi connectivity index (χ0v) is 20.1. The molecule has 0 saturated carbocycles. The smallest absolute Gasteiger partial charge is 0.362 e. The molecule has 0 aliphatic carbocycles. The van der Waals surface area contributed by atoms with Gasteiger partial charge in [0.2, 0.25) is 11.5 Å². The van der Waals surface area contributed by atoms with Gasteiger partial charge in [0.05, 0.1) is 12.1 Å². The second-order valence-electron chi connectivity index (χ2n) is 8.23. The lowest BCUT2D eigenvalue weighted by molar-refractivity contribution is -0.161. The molecular weight excluding hydrogens is 510 g/mol. The first-order chi connectivity index (χ1) is 16.1. The number of aromatic nitrogens is 1. The van der Waals surface area contributed by atoms with Crippen molar-refractivity contribution in [2.24, 2.45) is 10.9 Å². The number of carbonyl (C=O) groups is 4. The molecule has 1 aromatic rings. The second-order valence-corrected chi connectivity index (χ2v) is 10.4. The summed E-state index contributed by atoms with van der Waals surface area (Å²) in [6.07, 6.45) is 0.307. The molecule has 2 aliphatic heterocycles. The van der Waals surface area contributed by atoms with Gasteiger partial charge in [-0.15, -0.1) is 11.3 Å². The fourth-order valence-corrected chi connectivity index (χ4v) is 4.74. The Labute approximate surface area is 202 Å². The van der Waals surface area contributed by atoms with Crippen LogP contribution in [0, 0.1) is 0 Å². The van der Waals surface area contributed by atoms with Crippen LogP contribution >= 0.6 is 11.3 Å². The molecule has 192 valence electrons. The van der Waals surface area contributed by atoms with Gasteiger partial charge in [0.1, 0.15) is 11.7 Å². The van der Waals surface area contributed by atoms with E-state index in [1.54, 1.807) is 0 Å². The number of nitrogens with zero attached hydrogens (tertiary/aromatic N) is 4. The van der Waals surface area contributed by atoms with Gasteiger partial charge in [-0.1, -0.05) is 5.16 Å². The number of nitrogens with two attached hydrogens (primary N) is 2. The zero-order valence-electron chi connectivity index (χ0n) is 18.4. The van der Waals surface area contributed by atoms with Crippen molar-refractivity contribution >= 4 is 56.2 Å². The second kappa shape index (κ2) is 9.36. The standard InChI is InChI=1S/C17H23N7O9S2/c1-17(2,15(28)29)33-22-10(8-6-34-16(19)20-8)12(25)21-11-9(24(14(11)27)35(30,31)32)5-23-4-3-7(18)13(23)26/h6-7,9,11H,3-5,18H2,1-2H3,(H2,19,20)(H,21,25)(H,28,29)(H,30,31,32)/t7-,9+,11-/m0/s1. The summed E-state index contributed by atoms with van der Waals surface area (Å²) in [6.45, 7) is 2.21. The van der Waals surface area contributed by atoms with Gasteiger partial charge in [0.15, 0.2) is 10.8 Å². The topological polar surface area (TPSA) is 248 Å². The number of β-lactam (4-membered cyclic amide) rings is 1. The number of hydrogen-bond acceptors (Lipinski definition) is 12. The summed E-state index contributed by atoms with van der Waals surface area (Å²) in [4.78, 5) is 59.1. The number of oxime groups is 1. The lowest BCUT2D eigenvalue weighted by Gasteiger charge is -2.45. The molecule has 0 spiro atoms. The third-order valence-electron chi connectivity index (χ3n) is 5.31. The number of rotatable bonds is 9. The van der Waals surface area contributed by atoms with Crippen molar-refractivity contribution in [2.75, 3.05) is 18.8 Å². The molecule has 0 bridgehead atoms. The van der Waals surface area contributed by atoms with Crippen LogP contribution in [0.1, 0.15) is 26.0 Å². The molecular formula is C17H23N7O9S2. The van der Waals surface area contributed by atoms with E-state index in [0.29, 0.717) is 6.42 Å². The predicted octanol–water partition coefficient (Wildman–Crippen LogP) is -2.63. The number of aliphatic carboxylic acids is 1. The highest BCUT2D eigenvalue weighted by Gasteiger charge is 2.55. The number of amides is 3. The Kier molecular flexibility index (Phi) is 7.02. The molecule has 0 unspecified atom stereocenters. The molecule has 3 heterocycles. The quantitative estimate of drug-likeness (QED) is 0.0946. The number of hydrogen-bond donors (Lipinski definition) is 5. The molecule has 1 aromatic heterocycles. The van der Waals surface area contributed by atoms with E-state index in [9.17, 15) is 37.3 Å². The highest BCUT2D eigenvalue weighted by Crippen LogP contribution is 2.26. The molecule has 0 radical (unpaired) electrons. The van der Waals surface area contributed by atoms with Crippen molar-refractivity contribution in [1.29, 1.82) is 0 Å². The molecule has 2 aliphatic rings. The average Bonchev–Trinajstić information content (AvgIpc) is 3.30. The van der Waals surface area contributed by atoms with Gasteiger partial charge in [-0.25, -0.2) is 14.1 Å². The highest BCUT2D eigenvalue weighted by molar-refractivity contribution is 7.84. The van der Waals surface area contributed by atoms with Gasteiger partial charge in [0.25, 0.3) is 11.8 Å². The number of nitrogen functional groups attached to an aromatic ring is 1. The third-order valence-corrected chi connectivity index (χ3v) is 6.93. The molecule has 3 amide bonds. The first-order valence-electron chi connectivity index (χ1n) is 10.0. The normalized spacial score (nSPS) is 23.3. The fourth-order valence-electron chi connectivity index (χ4n) is 3.32. The number of anilines is 1. The summed E-state index contributed by atoms with van der Waals surface area (Å²) in [7, 11) is -5.00. The van der Waals surface area contributed by atoms with Gasteiger partial charge in [-0.2, -0.15) is 8.42 Å². The van der Waals surface area contributed by atoms with E-state index < -0.39 is 63.4 Å². The minimum Gasteiger partial charge on any atom is -0.478 e. The fraction of sp³-hybridized carbons (Fsp3) is 0.529. The summed E-state index contributed by atoms with van der Waals surface area (Å²) in [6, 6.07) is -3.61. The van der Waals surface area contributed by atoms with Crippen LogP contribution in [-0.2, 0) is 34.3 Å². The number of nitrogens with one attached hydrogen (secondary N) is 1. The Morgan fingerprint density at radius 3 is 2.51 bits per heavy atom. The summed E-state index contributed by atoms with van der Waals surface area (Å²) in [5.41, 5.74) is 8.79. The summed E-state index contributed by atoms with van der Waals surface area (Å²) >= 11 is 0.945. The molecule has 3 atom stereocenters. The van der Waals surface area contributed by atoms with Crippen LogP contribution < -0.4 is 16.8 Å². The molecule has 0 aromatic carbocycles. The van der Waals surface area contributed by atoms with Gasteiger partial charge in [-0.05, 0) is 20.3 Å². The summed E-state index contributed by atoms with van der Waals surface area (Å²) < 4.78 is 33.0. The van der Waals surface area contributed by atoms with Gasteiger partial charge >= 0.3 is 16.3 Å². The van der Waals surface area contributed by atoms with Crippen LogP contribution in [0.2, 0.25) is 0 Å². The summed E-state index contributed by atoms with van der Waals surface area (Å²) in [5.74, 6) is -4.09. The van der Waals surface area contributed by atoms with Crippen molar-refractivity contribution < 1.29 is 42.1 Å². The van der Waals surface area contributed by atoms with E-state index in [4.69, 9.17) is 16.3 Å². The van der Waals surface area contributed by atoms with Crippen molar-refractivity contribution in [3.05, 3.63) is 11.1 Å². The van der Waals surface area contributed by atoms with Crippen molar-refractivity contribution in [3.63, 3.8) is 0 Å². The Hall–Kier alpha value is -3.35. The molecule has 3 rings (SSSR count). The zero-order chi connectivity index (χ0) is 26.3. The molecule has 35 heavy (non-hydrogen) atoms.